The Morgan fingerprint density at radius 2 is 2.13 bits per heavy atom. The van der Waals surface area contributed by atoms with Crippen LogP contribution in [0.3, 0.4) is 0 Å². The zero-order valence-corrected chi connectivity index (χ0v) is 14.7. The Hall–Kier alpha value is -1.55. The lowest BCUT2D eigenvalue weighted by Crippen LogP contribution is -2.39. The second-order valence-electron chi connectivity index (χ2n) is 7.70. The summed E-state index contributed by atoms with van der Waals surface area (Å²) in [5.74, 6) is 0.192. The van der Waals surface area contributed by atoms with Gasteiger partial charge in [-0.2, -0.15) is 0 Å². The summed E-state index contributed by atoms with van der Waals surface area (Å²) in [6, 6.07) is 5.67. The average Bonchev–Trinajstić information content (AvgIpc) is 2.49. The number of ether oxygens (including phenoxy) is 1. The molecule has 128 valence electrons. The molecule has 2 N–H and O–H groups in total. The number of fused-ring (bicyclic) bond motifs is 1. The Balaban J connectivity index is 2.03. The monoisotopic (exact) mass is 319 g/mol. The lowest BCUT2D eigenvalue weighted by molar-refractivity contribution is -0.140. The molecule has 1 aromatic carbocycles. The van der Waals surface area contributed by atoms with Crippen molar-refractivity contribution in [2.75, 3.05) is 6.61 Å². The normalized spacial score (nSPS) is 17.0. The van der Waals surface area contributed by atoms with Crippen LogP contribution < -0.4 is 10.1 Å². The Morgan fingerprint density at radius 3 is 2.78 bits per heavy atom. The number of hydrogen-bond acceptors (Lipinski definition) is 3. The molecule has 1 aliphatic heterocycles. The summed E-state index contributed by atoms with van der Waals surface area (Å²) in [5, 5.41) is 12.7. The number of carboxylic acid groups (broad SMARTS) is 1. The van der Waals surface area contributed by atoms with Crippen LogP contribution >= 0.6 is 0 Å². The molecular weight excluding hydrogens is 290 g/mol. The van der Waals surface area contributed by atoms with Crippen molar-refractivity contribution in [3.05, 3.63) is 29.3 Å². The third-order valence-corrected chi connectivity index (χ3v) is 4.36. The summed E-state index contributed by atoms with van der Waals surface area (Å²) in [4.78, 5) is 11.5. The molecular formula is C19H29NO3. The molecule has 1 heterocycles. The van der Waals surface area contributed by atoms with Crippen LogP contribution in [0.1, 0.15) is 64.1 Å². The first kappa shape index (κ1) is 17.8. The molecule has 1 unspecified atom stereocenters. The van der Waals surface area contributed by atoms with E-state index in [1.807, 2.05) is 19.1 Å². The van der Waals surface area contributed by atoms with E-state index in [1.165, 1.54) is 5.56 Å². The Bertz CT molecular complexity index is 548. The summed E-state index contributed by atoms with van der Waals surface area (Å²) in [6.07, 6.45) is 3.59. The summed E-state index contributed by atoms with van der Waals surface area (Å²) in [5.41, 5.74) is 2.49. The van der Waals surface area contributed by atoms with Crippen LogP contribution in [0, 0.1) is 5.41 Å². The van der Waals surface area contributed by atoms with Gasteiger partial charge in [-0.05, 0) is 55.2 Å². The lowest BCUT2D eigenvalue weighted by Gasteiger charge is -2.25. The summed E-state index contributed by atoms with van der Waals surface area (Å²) < 4.78 is 5.64. The molecule has 2 atom stereocenters. The number of rotatable bonds is 6. The van der Waals surface area contributed by atoms with Crippen LogP contribution in [-0.4, -0.2) is 23.7 Å². The van der Waals surface area contributed by atoms with E-state index < -0.39 is 12.0 Å². The standard InChI is InChI=1S/C19H29NO3/c1-13(20-16(18(21)22)9-10-19(2,3)4)14-7-8-17-15(12-14)6-5-11-23-17/h7-8,12-13,16,20H,5-6,9-11H2,1-4H3,(H,21,22)/t13-,16?/m0/s1. The van der Waals surface area contributed by atoms with Crippen LogP contribution in [0.4, 0.5) is 0 Å². The van der Waals surface area contributed by atoms with Crippen molar-refractivity contribution >= 4 is 5.97 Å². The molecule has 0 amide bonds. The topological polar surface area (TPSA) is 58.6 Å². The summed E-state index contributed by atoms with van der Waals surface area (Å²) in [7, 11) is 0. The van der Waals surface area contributed by atoms with Gasteiger partial charge in [0.25, 0.3) is 0 Å². The third kappa shape index (κ3) is 5.24. The number of benzene rings is 1. The summed E-state index contributed by atoms with van der Waals surface area (Å²) in [6.45, 7) is 9.23. The number of carboxylic acids is 1. The van der Waals surface area contributed by atoms with Gasteiger partial charge in [-0.1, -0.05) is 32.9 Å². The fraction of sp³-hybridized carbons (Fsp3) is 0.632. The second kappa shape index (κ2) is 7.35. The van der Waals surface area contributed by atoms with Crippen molar-refractivity contribution in [2.45, 2.75) is 65.5 Å². The van der Waals surface area contributed by atoms with Gasteiger partial charge in [0, 0.05) is 6.04 Å². The van der Waals surface area contributed by atoms with Gasteiger partial charge in [0.2, 0.25) is 0 Å². The minimum absolute atomic E-state index is 0.00305. The fourth-order valence-corrected chi connectivity index (χ4v) is 2.90. The molecule has 0 aliphatic carbocycles. The number of nitrogens with one attached hydrogen (secondary N) is 1. The second-order valence-corrected chi connectivity index (χ2v) is 7.70. The van der Waals surface area contributed by atoms with Crippen molar-refractivity contribution < 1.29 is 14.6 Å². The lowest BCUT2D eigenvalue weighted by atomic mass is 9.88. The Labute approximate surface area is 139 Å². The van der Waals surface area contributed by atoms with Crippen molar-refractivity contribution in [3.8, 4) is 5.75 Å². The van der Waals surface area contributed by atoms with Crippen LogP contribution in [-0.2, 0) is 11.2 Å². The maximum Gasteiger partial charge on any atom is 0.320 e. The number of hydrogen-bond donors (Lipinski definition) is 2. The summed E-state index contributed by atoms with van der Waals surface area (Å²) >= 11 is 0. The molecule has 0 saturated heterocycles. The Morgan fingerprint density at radius 1 is 1.39 bits per heavy atom. The maximum atomic E-state index is 11.5. The van der Waals surface area contributed by atoms with E-state index >= 15 is 0 Å². The largest absolute Gasteiger partial charge is 0.493 e. The highest BCUT2D eigenvalue weighted by atomic mass is 16.5. The van der Waals surface area contributed by atoms with Crippen LogP contribution in [0.15, 0.2) is 18.2 Å². The predicted molar refractivity (Wildman–Crippen MR) is 91.9 cm³/mol. The van der Waals surface area contributed by atoms with Gasteiger partial charge in [0.05, 0.1) is 6.61 Å². The molecule has 4 heteroatoms. The average molecular weight is 319 g/mol. The van der Waals surface area contributed by atoms with E-state index in [-0.39, 0.29) is 11.5 Å². The minimum Gasteiger partial charge on any atom is -0.493 e. The Kier molecular flexibility index (Phi) is 5.69. The van der Waals surface area contributed by atoms with E-state index in [4.69, 9.17) is 4.74 Å². The first-order valence-corrected chi connectivity index (χ1v) is 8.51. The number of aryl methyl sites for hydroxylation is 1. The molecule has 23 heavy (non-hydrogen) atoms. The molecule has 0 saturated carbocycles. The highest BCUT2D eigenvalue weighted by Crippen LogP contribution is 2.28. The molecule has 0 radical (unpaired) electrons. The molecule has 4 nitrogen and oxygen atoms in total. The molecule has 1 aromatic rings. The van der Waals surface area contributed by atoms with Gasteiger partial charge in [0.15, 0.2) is 0 Å². The highest BCUT2D eigenvalue weighted by molar-refractivity contribution is 5.73. The van der Waals surface area contributed by atoms with Gasteiger partial charge in [-0.25, -0.2) is 0 Å². The maximum absolute atomic E-state index is 11.5. The van der Waals surface area contributed by atoms with Gasteiger partial charge >= 0.3 is 5.97 Å². The van der Waals surface area contributed by atoms with E-state index in [0.29, 0.717) is 6.42 Å². The van der Waals surface area contributed by atoms with E-state index in [0.717, 1.165) is 37.2 Å². The fourth-order valence-electron chi connectivity index (χ4n) is 2.90. The molecule has 0 spiro atoms. The molecule has 0 fully saturated rings. The number of aliphatic carboxylic acids is 1. The number of carbonyl (C=O) groups is 1. The van der Waals surface area contributed by atoms with Gasteiger partial charge in [-0.15, -0.1) is 0 Å². The molecule has 2 rings (SSSR count). The van der Waals surface area contributed by atoms with Crippen molar-refractivity contribution in [1.29, 1.82) is 0 Å². The van der Waals surface area contributed by atoms with Crippen molar-refractivity contribution in [2.24, 2.45) is 5.41 Å². The molecule has 0 bridgehead atoms. The first-order chi connectivity index (χ1) is 10.8. The zero-order valence-electron chi connectivity index (χ0n) is 14.7. The first-order valence-electron chi connectivity index (χ1n) is 8.51. The molecule has 0 aromatic heterocycles. The molecule has 1 aliphatic rings. The van der Waals surface area contributed by atoms with Gasteiger partial charge < -0.3 is 9.84 Å². The highest BCUT2D eigenvalue weighted by Gasteiger charge is 2.23. The van der Waals surface area contributed by atoms with E-state index in [2.05, 4.69) is 32.2 Å². The van der Waals surface area contributed by atoms with Crippen LogP contribution in [0.25, 0.3) is 0 Å². The van der Waals surface area contributed by atoms with Crippen LogP contribution in [0.5, 0.6) is 5.75 Å². The van der Waals surface area contributed by atoms with Crippen LogP contribution in [0.2, 0.25) is 0 Å². The SMILES string of the molecule is C[C@H](NC(CCC(C)(C)C)C(=O)O)c1ccc2c(c1)CCCO2. The predicted octanol–water partition coefficient (Wildman–Crippen LogP) is 3.94. The van der Waals surface area contributed by atoms with Crippen molar-refractivity contribution in [3.63, 3.8) is 0 Å². The van der Waals surface area contributed by atoms with E-state index in [1.54, 1.807) is 0 Å². The third-order valence-electron chi connectivity index (χ3n) is 4.36. The quantitative estimate of drug-likeness (QED) is 0.834. The minimum atomic E-state index is -0.776. The van der Waals surface area contributed by atoms with Crippen molar-refractivity contribution in [1.82, 2.24) is 5.32 Å². The van der Waals surface area contributed by atoms with Gasteiger partial charge in [0.1, 0.15) is 11.8 Å². The zero-order chi connectivity index (χ0) is 17.0. The smallest absolute Gasteiger partial charge is 0.320 e. The van der Waals surface area contributed by atoms with E-state index in [9.17, 15) is 9.90 Å². The van der Waals surface area contributed by atoms with Gasteiger partial charge in [-0.3, -0.25) is 10.1 Å².